The molecule has 0 atom stereocenters. The van der Waals surface area contributed by atoms with Crippen LogP contribution in [0.5, 0.6) is 11.5 Å². The lowest BCUT2D eigenvalue weighted by Crippen LogP contribution is -2.32. The number of alkyl halides is 3. The van der Waals surface area contributed by atoms with Crippen molar-refractivity contribution in [2.75, 3.05) is 23.4 Å². The van der Waals surface area contributed by atoms with Crippen LogP contribution in [-0.4, -0.2) is 25.0 Å². The Bertz CT molecular complexity index is 1300. The topological polar surface area (TPSA) is 67.9 Å². The second kappa shape index (κ2) is 8.26. The average molecular weight is 466 g/mol. The number of benzene rings is 3. The van der Waals surface area contributed by atoms with Gasteiger partial charge in [0.05, 0.1) is 16.8 Å². The number of nitrogens with one attached hydrogen (secondary N) is 1. The van der Waals surface area contributed by atoms with Gasteiger partial charge in [-0.2, -0.15) is 13.2 Å². The number of carbonyl (C=O) groups is 2. The van der Waals surface area contributed by atoms with Crippen LogP contribution in [0.3, 0.4) is 0 Å². The highest BCUT2D eigenvalue weighted by atomic mass is 19.4. The highest BCUT2D eigenvalue weighted by molar-refractivity contribution is 6.46. The summed E-state index contributed by atoms with van der Waals surface area (Å²) >= 11 is 0. The van der Waals surface area contributed by atoms with Gasteiger partial charge in [-0.25, -0.2) is 4.90 Å². The molecule has 0 radical (unpaired) electrons. The number of anilines is 2. The van der Waals surface area contributed by atoms with Crippen molar-refractivity contribution in [3.8, 4) is 11.5 Å². The quantitative estimate of drug-likeness (QED) is 0.556. The van der Waals surface area contributed by atoms with Gasteiger partial charge in [-0.15, -0.1) is 0 Å². The van der Waals surface area contributed by atoms with Crippen LogP contribution < -0.4 is 19.7 Å². The second-order valence-corrected chi connectivity index (χ2v) is 7.59. The van der Waals surface area contributed by atoms with Gasteiger partial charge in [0.2, 0.25) is 0 Å². The van der Waals surface area contributed by atoms with Crippen molar-refractivity contribution in [1.29, 1.82) is 0 Å². The summed E-state index contributed by atoms with van der Waals surface area (Å²) in [5.74, 6) is -0.266. The molecular weight excluding hydrogens is 449 g/mol. The zero-order valence-electron chi connectivity index (χ0n) is 17.6. The van der Waals surface area contributed by atoms with Crippen LogP contribution >= 0.6 is 0 Å². The van der Waals surface area contributed by atoms with Crippen molar-refractivity contribution in [3.63, 3.8) is 0 Å². The maximum atomic E-state index is 13.4. The Morgan fingerprint density at radius 3 is 2.15 bits per heavy atom. The van der Waals surface area contributed by atoms with Gasteiger partial charge in [-0.3, -0.25) is 9.59 Å². The molecule has 2 aliphatic heterocycles. The van der Waals surface area contributed by atoms with Crippen LogP contribution in [0.1, 0.15) is 11.1 Å². The number of halogens is 3. The number of nitrogens with zero attached hydrogens (tertiary/aromatic N) is 1. The Kier molecular flexibility index (Phi) is 5.24. The summed E-state index contributed by atoms with van der Waals surface area (Å²) in [7, 11) is 0. The van der Waals surface area contributed by atoms with Gasteiger partial charge >= 0.3 is 6.18 Å². The van der Waals surface area contributed by atoms with E-state index in [0.29, 0.717) is 36.0 Å². The Balaban J connectivity index is 1.54. The van der Waals surface area contributed by atoms with Gasteiger partial charge in [-0.1, -0.05) is 30.3 Å². The van der Waals surface area contributed by atoms with Crippen molar-refractivity contribution < 1.29 is 32.2 Å². The SMILES string of the molecule is O=C1C(Nc2ccc3c(c2)OCCO3)=C(c2ccccc2)C(=O)N1c1ccc(C(F)(F)F)cc1. The Hall–Kier alpha value is -4.27. The van der Waals surface area contributed by atoms with Crippen LogP contribution in [0.2, 0.25) is 0 Å². The first kappa shape index (κ1) is 21.6. The normalized spacial score (nSPS) is 15.7. The number of imide groups is 1. The fraction of sp³-hybridized carbons (Fsp3) is 0.120. The molecule has 0 saturated carbocycles. The summed E-state index contributed by atoms with van der Waals surface area (Å²) in [6.07, 6.45) is -4.53. The molecule has 0 fully saturated rings. The summed E-state index contributed by atoms with van der Waals surface area (Å²) in [6.45, 7) is 0.811. The molecule has 0 aliphatic carbocycles. The fourth-order valence-corrected chi connectivity index (χ4v) is 3.82. The standard InChI is InChI=1S/C25H17F3N2O4/c26-25(27,28)16-6-9-18(10-7-16)30-23(31)21(15-4-2-1-3-5-15)22(24(30)32)29-17-8-11-19-20(14-17)34-13-12-33-19/h1-11,14,29H,12-13H2. The number of rotatable bonds is 4. The Morgan fingerprint density at radius 1 is 0.794 bits per heavy atom. The predicted octanol–water partition coefficient (Wildman–Crippen LogP) is 4.87. The molecule has 3 aromatic carbocycles. The van der Waals surface area contributed by atoms with Gasteiger partial charge in [0.1, 0.15) is 18.9 Å². The number of carbonyl (C=O) groups excluding carboxylic acids is 2. The van der Waals surface area contributed by atoms with Gasteiger partial charge < -0.3 is 14.8 Å². The van der Waals surface area contributed by atoms with E-state index in [1.54, 1.807) is 48.5 Å². The van der Waals surface area contributed by atoms with Crippen LogP contribution in [0.25, 0.3) is 5.57 Å². The fourth-order valence-electron chi connectivity index (χ4n) is 3.82. The summed E-state index contributed by atoms with van der Waals surface area (Å²) < 4.78 is 50.0. The average Bonchev–Trinajstić information content (AvgIpc) is 3.08. The molecule has 34 heavy (non-hydrogen) atoms. The summed E-state index contributed by atoms with van der Waals surface area (Å²) in [5.41, 5.74) is 0.267. The molecule has 0 aromatic heterocycles. The molecule has 6 nitrogen and oxygen atoms in total. The number of amides is 2. The third-order valence-electron chi connectivity index (χ3n) is 5.41. The van der Waals surface area contributed by atoms with E-state index in [1.807, 2.05) is 0 Å². The lowest BCUT2D eigenvalue weighted by Gasteiger charge is -2.19. The first-order valence-electron chi connectivity index (χ1n) is 10.4. The van der Waals surface area contributed by atoms with Crippen molar-refractivity contribution in [2.45, 2.75) is 6.18 Å². The van der Waals surface area contributed by atoms with Crippen LogP contribution in [0.4, 0.5) is 24.5 Å². The van der Waals surface area contributed by atoms with Crippen LogP contribution in [-0.2, 0) is 15.8 Å². The molecule has 0 spiro atoms. The van der Waals surface area contributed by atoms with Crippen LogP contribution in [0.15, 0.2) is 78.5 Å². The Labute approximate surface area is 192 Å². The molecule has 0 saturated heterocycles. The van der Waals surface area contributed by atoms with Gasteiger partial charge in [0.15, 0.2) is 11.5 Å². The van der Waals surface area contributed by atoms with Crippen LogP contribution in [0, 0.1) is 0 Å². The van der Waals surface area contributed by atoms with Gasteiger partial charge in [0, 0.05) is 11.8 Å². The molecular formula is C25H17F3N2O4. The molecule has 5 rings (SSSR count). The van der Waals surface area contributed by atoms with E-state index in [-0.39, 0.29) is 17.0 Å². The molecule has 0 unspecified atom stereocenters. The molecule has 172 valence electrons. The minimum atomic E-state index is -4.53. The van der Waals surface area contributed by atoms with Crippen molar-refractivity contribution in [3.05, 3.63) is 89.6 Å². The van der Waals surface area contributed by atoms with E-state index in [9.17, 15) is 22.8 Å². The highest BCUT2D eigenvalue weighted by Crippen LogP contribution is 2.37. The zero-order valence-corrected chi connectivity index (χ0v) is 17.6. The number of ether oxygens (including phenoxy) is 2. The van der Waals surface area contributed by atoms with E-state index >= 15 is 0 Å². The first-order valence-corrected chi connectivity index (χ1v) is 10.4. The predicted molar refractivity (Wildman–Crippen MR) is 118 cm³/mol. The molecule has 0 bridgehead atoms. The summed E-state index contributed by atoms with van der Waals surface area (Å²) in [6, 6.07) is 17.5. The first-order chi connectivity index (χ1) is 16.3. The number of fused-ring (bicyclic) bond motifs is 1. The maximum absolute atomic E-state index is 13.4. The van der Waals surface area contributed by atoms with E-state index in [2.05, 4.69) is 5.32 Å². The smallest absolute Gasteiger partial charge is 0.416 e. The van der Waals surface area contributed by atoms with E-state index in [4.69, 9.17) is 9.47 Å². The maximum Gasteiger partial charge on any atom is 0.416 e. The largest absolute Gasteiger partial charge is 0.486 e. The molecule has 2 aliphatic rings. The molecule has 1 N–H and O–H groups in total. The lowest BCUT2D eigenvalue weighted by molar-refractivity contribution is -0.137. The number of hydrogen-bond donors (Lipinski definition) is 1. The van der Waals surface area contributed by atoms with Crippen molar-refractivity contribution in [1.82, 2.24) is 0 Å². The monoisotopic (exact) mass is 466 g/mol. The van der Waals surface area contributed by atoms with E-state index in [0.717, 1.165) is 29.2 Å². The second-order valence-electron chi connectivity index (χ2n) is 7.59. The Morgan fingerprint density at radius 2 is 1.47 bits per heavy atom. The third kappa shape index (κ3) is 3.85. The zero-order chi connectivity index (χ0) is 23.9. The molecule has 9 heteroatoms. The van der Waals surface area contributed by atoms with Gasteiger partial charge in [-0.05, 0) is 42.0 Å². The lowest BCUT2D eigenvalue weighted by atomic mass is 10.0. The summed E-state index contributed by atoms with van der Waals surface area (Å²) in [5, 5.41) is 3.01. The molecule has 3 aromatic rings. The van der Waals surface area contributed by atoms with Gasteiger partial charge in [0.25, 0.3) is 11.8 Å². The van der Waals surface area contributed by atoms with E-state index < -0.39 is 23.6 Å². The minimum absolute atomic E-state index is 0.00720. The number of hydrogen-bond acceptors (Lipinski definition) is 5. The van der Waals surface area contributed by atoms with Crippen molar-refractivity contribution >= 4 is 28.8 Å². The summed E-state index contributed by atoms with van der Waals surface area (Å²) in [4.78, 5) is 27.6. The van der Waals surface area contributed by atoms with E-state index in [1.165, 1.54) is 0 Å². The third-order valence-corrected chi connectivity index (χ3v) is 5.41. The molecule has 2 heterocycles. The van der Waals surface area contributed by atoms with Crippen molar-refractivity contribution in [2.24, 2.45) is 0 Å². The molecule has 2 amide bonds. The minimum Gasteiger partial charge on any atom is -0.486 e. The highest BCUT2D eigenvalue weighted by Gasteiger charge is 2.41.